The van der Waals surface area contributed by atoms with Crippen molar-refractivity contribution in [1.29, 1.82) is 0 Å². The highest BCUT2D eigenvalue weighted by molar-refractivity contribution is 6.05. The molecule has 0 atom stereocenters. The molecule has 118 valence electrons. The lowest BCUT2D eigenvalue weighted by molar-refractivity contribution is -0.141. The molecule has 2 heterocycles. The van der Waals surface area contributed by atoms with Crippen LogP contribution in [0.2, 0.25) is 0 Å². The van der Waals surface area contributed by atoms with E-state index >= 15 is 0 Å². The fraction of sp³-hybridized carbons (Fsp3) is 0.643. The fourth-order valence-electron chi connectivity index (χ4n) is 2.90. The second kappa shape index (κ2) is 6.25. The molecule has 2 aliphatic rings. The second-order valence-electron chi connectivity index (χ2n) is 5.70. The topological polar surface area (TPSA) is 105 Å². The van der Waals surface area contributed by atoms with Crippen LogP contribution in [-0.2, 0) is 14.4 Å². The molecule has 1 saturated heterocycles. The van der Waals surface area contributed by atoms with E-state index in [1.165, 1.54) is 6.42 Å². The average Bonchev–Trinajstić information content (AvgIpc) is 3.10. The Morgan fingerprint density at radius 3 is 2.50 bits per heavy atom. The van der Waals surface area contributed by atoms with Crippen molar-refractivity contribution in [1.82, 2.24) is 15.1 Å². The van der Waals surface area contributed by atoms with Crippen molar-refractivity contribution in [2.75, 3.05) is 11.9 Å². The first-order valence-corrected chi connectivity index (χ1v) is 7.60. The molecule has 1 N–H and O–H groups in total. The highest BCUT2D eigenvalue weighted by Gasteiger charge is 2.31. The van der Waals surface area contributed by atoms with E-state index in [9.17, 15) is 14.4 Å². The first kappa shape index (κ1) is 14.7. The van der Waals surface area contributed by atoms with E-state index in [-0.39, 0.29) is 43.1 Å². The van der Waals surface area contributed by atoms with Gasteiger partial charge in [-0.1, -0.05) is 24.4 Å². The van der Waals surface area contributed by atoms with Gasteiger partial charge >= 0.3 is 6.01 Å². The molecule has 1 aromatic heterocycles. The smallest absolute Gasteiger partial charge is 0.322 e. The van der Waals surface area contributed by atoms with Crippen molar-refractivity contribution in [3.8, 4) is 0 Å². The van der Waals surface area contributed by atoms with Crippen molar-refractivity contribution in [2.45, 2.75) is 50.9 Å². The summed E-state index contributed by atoms with van der Waals surface area (Å²) in [5, 5.41) is 10.2. The van der Waals surface area contributed by atoms with Gasteiger partial charge in [-0.25, -0.2) is 0 Å². The Bertz CT molecular complexity index is 575. The Morgan fingerprint density at radius 1 is 1.14 bits per heavy atom. The number of carbonyl (C=O) groups is 3. The maximum absolute atomic E-state index is 11.9. The largest absolute Gasteiger partial charge is 0.408 e. The van der Waals surface area contributed by atoms with Gasteiger partial charge in [0, 0.05) is 18.8 Å². The lowest BCUT2D eigenvalue weighted by Crippen LogP contribution is -2.36. The molecule has 2 fully saturated rings. The molecule has 1 aliphatic heterocycles. The van der Waals surface area contributed by atoms with Crippen LogP contribution in [0.25, 0.3) is 0 Å². The molecule has 0 spiro atoms. The summed E-state index contributed by atoms with van der Waals surface area (Å²) in [6.45, 7) is -0.307. The van der Waals surface area contributed by atoms with Gasteiger partial charge in [0.2, 0.25) is 23.6 Å². The Morgan fingerprint density at radius 2 is 1.82 bits per heavy atom. The van der Waals surface area contributed by atoms with Gasteiger partial charge in [-0.15, -0.1) is 5.10 Å². The minimum Gasteiger partial charge on any atom is -0.408 e. The third-order valence-corrected chi connectivity index (χ3v) is 4.10. The molecule has 0 radical (unpaired) electrons. The van der Waals surface area contributed by atoms with Crippen LogP contribution in [0.15, 0.2) is 4.42 Å². The molecule has 1 aromatic rings. The quantitative estimate of drug-likeness (QED) is 0.838. The van der Waals surface area contributed by atoms with Crippen molar-refractivity contribution < 1.29 is 18.8 Å². The Kier molecular flexibility index (Phi) is 4.17. The maximum Gasteiger partial charge on any atom is 0.322 e. The van der Waals surface area contributed by atoms with Gasteiger partial charge in [0.25, 0.3) is 0 Å². The first-order valence-electron chi connectivity index (χ1n) is 7.60. The molecule has 0 bridgehead atoms. The average molecular weight is 306 g/mol. The number of nitrogens with one attached hydrogen (secondary N) is 1. The zero-order valence-electron chi connectivity index (χ0n) is 12.2. The van der Waals surface area contributed by atoms with Gasteiger partial charge < -0.3 is 4.42 Å². The van der Waals surface area contributed by atoms with Gasteiger partial charge in [-0.3, -0.25) is 24.6 Å². The Hall–Kier alpha value is -2.25. The standard InChI is InChI=1S/C14H18N4O4/c19-10(8-18-11(20)6-7-12(18)21)15-14-17-16-13(22-14)9-4-2-1-3-5-9/h9H,1-8H2,(H,15,17,19). The summed E-state index contributed by atoms with van der Waals surface area (Å²) in [5.41, 5.74) is 0. The normalized spacial score (nSPS) is 19.7. The van der Waals surface area contributed by atoms with E-state index in [0.717, 1.165) is 30.6 Å². The third-order valence-electron chi connectivity index (χ3n) is 4.10. The highest BCUT2D eigenvalue weighted by atomic mass is 16.4. The monoisotopic (exact) mass is 306 g/mol. The number of carbonyl (C=O) groups excluding carboxylic acids is 3. The molecular formula is C14H18N4O4. The van der Waals surface area contributed by atoms with Crippen LogP contribution in [0.1, 0.15) is 56.8 Å². The zero-order chi connectivity index (χ0) is 15.5. The molecule has 3 amide bonds. The molecule has 1 saturated carbocycles. The van der Waals surface area contributed by atoms with Gasteiger partial charge in [-0.2, -0.15) is 0 Å². The van der Waals surface area contributed by atoms with E-state index in [1.54, 1.807) is 0 Å². The van der Waals surface area contributed by atoms with E-state index < -0.39 is 5.91 Å². The SMILES string of the molecule is O=C(CN1C(=O)CCC1=O)Nc1nnc(C2CCCCC2)o1. The van der Waals surface area contributed by atoms with Crippen LogP contribution in [0, 0.1) is 0 Å². The van der Waals surface area contributed by atoms with Gasteiger partial charge in [0.15, 0.2) is 0 Å². The summed E-state index contributed by atoms with van der Waals surface area (Å²) < 4.78 is 5.47. The van der Waals surface area contributed by atoms with Crippen LogP contribution < -0.4 is 5.32 Å². The van der Waals surface area contributed by atoms with Gasteiger partial charge in [0.05, 0.1) is 0 Å². The molecule has 0 unspecified atom stereocenters. The number of hydrogen-bond acceptors (Lipinski definition) is 6. The number of rotatable bonds is 4. The number of aromatic nitrogens is 2. The summed E-state index contributed by atoms with van der Waals surface area (Å²) in [4.78, 5) is 35.7. The molecular weight excluding hydrogens is 288 g/mol. The molecule has 1 aliphatic carbocycles. The number of nitrogens with zero attached hydrogens (tertiary/aromatic N) is 3. The second-order valence-corrected chi connectivity index (χ2v) is 5.70. The molecule has 22 heavy (non-hydrogen) atoms. The van der Waals surface area contributed by atoms with Crippen LogP contribution in [0.4, 0.5) is 6.01 Å². The summed E-state index contributed by atoms with van der Waals surface area (Å²) in [7, 11) is 0. The Labute approximate surface area is 127 Å². The molecule has 0 aromatic carbocycles. The Balaban J connectivity index is 1.56. The zero-order valence-corrected chi connectivity index (χ0v) is 12.2. The predicted octanol–water partition coefficient (Wildman–Crippen LogP) is 1.20. The van der Waals surface area contributed by atoms with Gasteiger partial charge in [0.1, 0.15) is 6.54 Å². The fourth-order valence-corrected chi connectivity index (χ4v) is 2.90. The maximum atomic E-state index is 11.9. The number of anilines is 1. The van der Waals surface area contributed by atoms with Crippen molar-refractivity contribution in [3.63, 3.8) is 0 Å². The van der Waals surface area contributed by atoms with Crippen LogP contribution in [-0.4, -0.2) is 39.4 Å². The van der Waals surface area contributed by atoms with Crippen molar-refractivity contribution in [2.24, 2.45) is 0 Å². The van der Waals surface area contributed by atoms with E-state index in [4.69, 9.17) is 4.42 Å². The minimum absolute atomic E-state index is 0.0182. The summed E-state index contributed by atoms with van der Waals surface area (Å²) in [6.07, 6.45) is 5.89. The van der Waals surface area contributed by atoms with Crippen LogP contribution in [0.3, 0.4) is 0 Å². The molecule has 3 rings (SSSR count). The first-order chi connectivity index (χ1) is 10.6. The number of hydrogen-bond donors (Lipinski definition) is 1. The third kappa shape index (κ3) is 3.15. The molecule has 8 nitrogen and oxygen atoms in total. The number of imide groups is 1. The van der Waals surface area contributed by atoms with E-state index in [1.807, 2.05) is 0 Å². The predicted molar refractivity (Wildman–Crippen MR) is 74.7 cm³/mol. The van der Waals surface area contributed by atoms with E-state index in [0.29, 0.717) is 5.89 Å². The number of likely N-dealkylation sites (tertiary alicyclic amines) is 1. The summed E-state index contributed by atoms with van der Waals surface area (Å²) in [5.74, 6) is -0.360. The molecule has 8 heteroatoms. The minimum atomic E-state index is -0.512. The van der Waals surface area contributed by atoms with Crippen molar-refractivity contribution >= 4 is 23.7 Å². The summed E-state index contributed by atoms with van der Waals surface area (Å²) in [6, 6.07) is 0.0182. The van der Waals surface area contributed by atoms with Crippen LogP contribution in [0.5, 0.6) is 0 Å². The lowest BCUT2D eigenvalue weighted by atomic mass is 9.89. The highest BCUT2D eigenvalue weighted by Crippen LogP contribution is 2.32. The summed E-state index contributed by atoms with van der Waals surface area (Å²) >= 11 is 0. The lowest BCUT2D eigenvalue weighted by Gasteiger charge is -2.17. The van der Waals surface area contributed by atoms with E-state index in [2.05, 4.69) is 15.5 Å². The number of amides is 3. The van der Waals surface area contributed by atoms with Crippen LogP contribution >= 0.6 is 0 Å². The van der Waals surface area contributed by atoms with Gasteiger partial charge in [-0.05, 0) is 12.8 Å². The van der Waals surface area contributed by atoms with Crippen molar-refractivity contribution in [3.05, 3.63) is 5.89 Å².